The molecule has 0 bridgehead atoms. The monoisotopic (exact) mass is 327 g/mol. The maximum Gasteiger partial charge on any atom is 0.0870 e. The van der Waals surface area contributed by atoms with E-state index < -0.39 is 0 Å². The van der Waals surface area contributed by atoms with Gasteiger partial charge in [-0.3, -0.25) is 9.88 Å². The van der Waals surface area contributed by atoms with Gasteiger partial charge in [-0.05, 0) is 40.9 Å². The third-order valence-corrected chi connectivity index (χ3v) is 3.95. The molecule has 0 unspecified atom stereocenters. The Morgan fingerprint density at radius 1 is 1.44 bits per heavy atom. The summed E-state index contributed by atoms with van der Waals surface area (Å²) in [5, 5.41) is 0. The standard InChI is InChI=1S/C13H18BrN3S/c14-10-5-6-11(16-7-10)8-17(9-13(15)18)12-3-1-2-4-12/h5-7,12H,1-4,8-9H2,(H2,15,18). The first kappa shape index (κ1) is 13.9. The lowest BCUT2D eigenvalue weighted by atomic mass is 10.2. The number of hydrogen-bond acceptors (Lipinski definition) is 3. The van der Waals surface area contributed by atoms with Crippen LogP contribution in [0.2, 0.25) is 0 Å². The highest BCUT2D eigenvalue weighted by molar-refractivity contribution is 9.10. The molecular formula is C13H18BrN3S. The summed E-state index contributed by atoms with van der Waals surface area (Å²) in [5.74, 6) is 0. The van der Waals surface area contributed by atoms with Crippen LogP contribution in [-0.2, 0) is 6.54 Å². The van der Waals surface area contributed by atoms with Crippen molar-refractivity contribution >= 4 is 33.1 Å². The molecule has 0 amide bonds. The number of nitrogens with two attached hydrogens (primary N) is 1. The van der Waals surface area contributed by atoms with Crippen LogP contribution >= 0.6 is 28.1 Å². The third-order valence-electron chi connectivity index (χ3n) is 3.35. The summed E-state index contributed by atoms with van der Waals surface area (Å²) in [6.07, 6.45) is 6.96. The van der Waals surface area contributed by atoms with Crippen LogP contribution in [0.1, 0.15) is 31.4 Å². The van der Waals surface area contributed by atoms with Gasteiger partial charge in [0.05, 0.1) is 10.7 Å². The van der Waals surface area contributed by atoms with Crippen LogP contribution in [0.25, 0.3) is 0 Å². The minimum Gasteiger partial charge on any atom is -0.392 e. The molecule has 18 heavy (non-hydrogen) atoms. The molecule has 2 N–H and O–H groups in total. The fourth-order valence-corrected chi connectivity index (χ4v) is 2.89. The van der Waals surface area contributed by atoms with Crippen LogP contribution < -0.4 is 5.73 Å². The lowest BCUT2D eigenvalue weighted by Crippen LogP contribution is -2.39. The number of nitrogens with zero attached hydrogens (tertiary/aromatic N) is 2. The summed E-state index contributed by atoms with van der Waals surface area (Å²) < 4.78 is 1.01. The molecule has 0 radical (unpaired) electrons. The smallest absolute Gasteiger partial charge is 0.0870 e. The second-order valence-electron chi connectivity index (χ2n) is 4.78. The maximum absolute atomic E-state index is 5.70. The highest BCUT2D eigenvalue weighted by atomic mass is 79.9. The average molecular weight is 328 g/mol. The van der Waals surface area contributed by atoms with Crippen molar-refractivity contribution in [3.63, 3.8) is 0 Å². The van der Waals surface area contributed by atoms with Crippen molar-refractivity contribution in [3.8, 4) is 0 Å². The minimum absolute atomic E-state index is 0.569. The van der Waals surface area contributed by atoms with Crippen molar-refractivity contribution in [2.45, 2.75) is 38.3 Å². The molecule has 1 aliphatic carbocycles. The lowest BCUT2D eigenvalue weighted by molar-refractivity contribution is 0.216. The zero-order chi connectivity index (χ0) is 13.0. The van der Waals surface area contributed by atoms with Gasteiger partial charge >= 0.3 is 0 Å². The van der Waals surface area contributed by atoms with Crippen LogP contribution in [0.3, 0.4) is 0 Å². The van der Waals surface area contributed by atoms with Gasteiger partial charge in [0.25, 0.3) is 0 Å². The molecule has 1 fully saturated rings. The number of thiocarbonyl (C=S) groups is 1. The van der Waals surface area contributed by atoms with E-state index >= 15 is 0 Å². The van der Waals surface area contributed by atoms with Crippen LogP contribution in [0.15, 0.2) is 22.8 Å². The van der Waals surface area contributed by atoms with Gasteiger partial charge in [-0.2, -0.15) is 0 Å². The van der Waals surface area contributed by atoms with Crippen LogP contribution in [0.5, 0.6) is 0 Å². The first-order valence-electron chi connectivity index (χ1n) is 6.28. The maximum atomic E-state index is 5.70. The topological polar surface area (TPSA) is 42.1 Å². The largest absolute Gasteiger partial charge is 0.392 e. The summed E-state index contributed by atoms with van der Waals surface area (Å²) in [5.41, 5.74) is 6.77. The Balaban J connectivity index is 2.03. The molecule has 5 heteroatoms. The van der Waals surface area contributed by atoms with E-state index in [0.717, 1.165) is 16.7 Å². The molecule has 0 spiro atoms. The average Bonchev–Trinajstić information content (AvgIpc) is 2.84. The van der Waals surface area contributed by atoms with Crippen molar-refractivity contribution in [1.29, 1.82) is 0 Å². The van der Waals surface area contributed by atoms with Crippen LogP contribution in [-0.4, -0.2) is 27.5 Å². The van der Waals surface area contributed by atoms with Crippen LogP contribution in [0.4, 0.5) is 0 Å². The molecule has 1 heterocycles. The van der Waals surface area contributed by atoms with E-state index in [9.17, 15) is 0 Å². The van der Waals surface area contributed by atoms with E-state index in [1.165, 1.54) is 25.7 Å². The van der Waals surface area contributed by atoms with E-state index in [1.54, 1.807) is 0 Å². The van der Waals surface area contributed by atoms with Gasteiger partial charge in [-0.15, -0.1) is 0 Å². The molecule has 0 aromatic carbocycles. The zero-order valence-electron chi connectivity index (χ0n) is 10.3. The zero-order valence-corrected chi connectivity index (χ0v) is 12.7. The Morgan fingerprint density at radius 3 is 2.72 bits per heavy atom. The van der Waals surface area contributed by atoms with Gasteiger partial charge in [-0.25, -0.2) is 0 Å². The number of pyridine rings is 1. The highest BCUT2D eigenvalue weighted by Crippen LogP contribution is 2.24. The molecule has 1 aromatic rings. The van der Waals surface area contributed by atoms with Gasteiger partial charge in [0.2, 0.25) is 0 Å². The Labute approximate surface area is 122 Å². The van der Waals surface area contributed by atoms with Gasteiger partial charge in [0, 0.05) is 29.8 Å². The minimum atomic E-state index is 0.569. The van der Waals surface area contributed by atoms with Crippen molar-refractivity contribution in [2.24, 2.45) is 5.73 Å². The van der Waals surface area contributed by atoms with Crippen LogP contribution in [0, 0.1) is 0 Å². The van der Waals surface area contributed by atoms with E-state index in [1.807, 2.05) is 18.3 Å². The van der Waals surface area contributed by atoms with Gasteiger partial charge in [0.15, 0.2) is 0 Å². The quantitative estimate of drug-likeness (QED) is 0.844. The van der Waals surface area contributed by atoms with E-state index in [-0.39, 0.29) is 0 Å². The molecule has 0 atom stereocenters. The second-order valence-corrected chi connectivity index (χ2v) is 6.22. The fourth-order valence-electron chi connectivity index (χ4n) is 2.49. The number of rotatable bonds is 5. The van der Waals surface area contributed by atoms with Gasteiger partial charge < -0.3 is 5.73 Å². The van der Waals surface area contributed by atoms with E-state index in [0.29, 0.717) is 17.6 Å². The summed E-state index contributed by atoms with van der Waals surface area (Å²) in [4.78, 5) is 7.36. The fraction of sp³-hybridized carbons (Fsp3) is 0.538. The van der Waals surface area contributed by atoms with E-state index in [2.05, 4.69) is 25.8 Å². The summed E-state index contributed by atoms with van der Waals surface area (Å²) in [7, 11) is 0. The van der Waals surface area contributed by atoms with Crippen molar-refractivity contribution < 1.29 is 0 Å². The third kappa shape index (κ3) is 4.00. The Kier molecular flexibility index (Phi) is 5.09. The predicted octanol–water partition coefficient (Wildman–Crippen LogP) is 2.87. The first-order valence-corrected chi connectivity index (χ1v) is 7.48. The molecule has 0 saturated heterocycles. The number of hydrogen-bond donors (Lipinski definition) is 1. The summed E-state index contributed by atoms with van der Waals surface area (Å²) in [6, 6.07) is 4.68. The Morgan fingerprint density at radius 2 is 2.17 bits per heavy atom. The summed E-state index contributed by atoms with van der Waals surface area (Å²) in [6.45, 7) is 1.52. The lowest BCUT2D eigenvalue weighted by Gasteiger charge is -2.27. The van der Waals surface area contributed by atoms with Gasteiger partial charge in [-0.1, -0.05) is 25.1 Å². The molecule has 1 aliphatic rings. The van der Waals surface area contributed by atoms with Crippen molar-refractivity contribution in [2.75, 3.05) is 6.54 Å². The number of halogens is 1. The molecule has 3 nitrogen and oxygen atoms in total. The molecule has 98 valence electrons. The highest BCUT2D eigenvalue weighted by Gasteiger charge is 2.23. The molecular weight excluding hydrogens is 310 g/mol. The van der Waals surface area contributed by atoms with Crippen molar-refractivity contribution in [3.05, 3.63) is 28.5 Å². The molecule has 1 aromatic heterocycles. The van der Waals surface area contributed by atoms with E-state index in [4.69, 9.17) is 18.0 Å². The number of aromatic nitrogens is 1. The SMILES string of the molecule is NC(=S)CN(Cc1ccc(Br)cn1)C1CCCC1. The Bertz CT molecular complexity index is 401. The van der Waals surface area contributed by atoms with Gasteiger partial charge in [0.1, 0.15) is 0 Å². The first-order chi connectivity index (χ1) is 8.65. The molecule has 1 saturated carbocycles. The molecule has 0 aliphatic heterocycles. The predicted molar refractivity (Wildman–Crippen MR) is 81.4 cm³/mol. The summed E-state index contributed by atoms with van der Waals surface area (Å²) >= 11 is 8.45. The Hall–Kier alpha value is -0.520. The second kappa shape index (κ2) is 6.59. The molecule has 2 rings (SSSR count). The normalized spacial score (nSPS) is 16.3. The van der Waals surface area contributed by atoms with Crippen molar-refractivity contribution in [1.82, 2.24) is 9.88 Å².